The van der Waals surface area contributed by atoms with Crippen LogP contribution in [0.25, 0.3) is 0 Å². The zero-order chi connectivity index (χ0) is 71.8. The number of para-hydroxylation sites is 2. The van der Waals surface area contributed by atoms with E-state index in [1.54, 1.807) is 36.4 Å². The number of hydrogen-bond donors (Lipinski definition) is 2. The lowest BCUT2D eigenvalue weighted by Crippen LogP contribution is -2.33. The summed E-state index contributed by atoms with van der Waals surface area (Å²) in [4.78, 5) is 147. The molecule has 0 saturated carbocycles. The molecule has 0 aliphatic carbocycles. The van der Waals surface area contributed by atoms with Gasteiger partial charge < -0.3 is 53.8 Å². The van der Waals surface area contributed by atoms with Crippen molar-refractivity contribution in [2.75, 3.05) is 50.9 Å². The normalized spacial score (nSPS) is 14.4. The maximum atomic E-state index is 13.7. The smallest absolute Gasteiger partial charge is 0.339 e. The molecule has 6 atom stereocenters. The van der Waals surface area contributed by atoms with Crippen molar-refractivity contribution >= 4 is 82.8 Å². The van der Waals surface area contributed by atoms with Gasteiger partial charge in [0.15, 0.2) is 12.2 Å². The number of unbranched alkanes of at least 4 members (excludes halogenated alkanes) is 8. The number of anilines is 2. The molecular formula is C74H104N2O22. The Morgan fingerprint density at radius 2 is 1.02 bits per heavy atom. The van der Waals surface area contributed by atoms with E-state index in [9.17, 15) is 62.6 Å². The number of ether oxygens (including phenoxy) is 8. The summed E-state index contributed by atoms with van der Waals surface area (Å²) in [6.45, 7) is 8.20. The second-order valence-electron chi connectivity index (χ2n) is 22.9. The number of methoxy groups -OCH3 is 2. The van der Waals surface area contributed by atoms with Gasteiger partial charge in [0.05, 0.1) is 48.6 Å². The van der Waals surface area contributed by atoms with Gasteiger partial charge in [-0.25, -0.2) is 14.5 Å². The topological polar surface area (TPSA) is 346 Å². The van der Waals surface area contributed by atoms with Gasteiger partial charge in [0.2, 0.25) is 17.7 Å². The monoisotopic (exact) mass is 1370 g/mol. The van der Waals surface area contributed by atoms with E-state index in [1.807, 2.05) is 54.7 Å². The minimum atomic E-state index is -1.09. The molecular weight excluding hydrogens is 1270 g/mol. The highest BCUT2D eigenvalue weighted by atomic mass is 16.6. The Labute approximate surface area is 577 Å². The SMILES string of the molecule is CC/C=C/C/C=C/C=C/C(CCCCCCCC(=O)OCC(COC(C)=O)OC(C)=O)C(CC(=O)Nc1ccccc1C(=O)OC)C(=O)O.CC/C=C/C/C=C/C=C/C(CCCCCCCC(=O)OCC(COC(C)=O)OC(C)=O)C1CC(=O)N(c2ccccc2C(=O)OC)C1=O.O.[2HH]. The fourth-order valence-corrected chi connectivity index (χ4v) is 10.2. The maximum Gasteiger partial charge on any atom is 0.339 e. The molecule has 98 heavy (non-hydrogen) atoms. The lowest BCUT2D eigenvalue weighted by atomic mass is 9.84. The van der Waals surface area contributed by atoms with Crippen LogP contribution in [0.5, 0.6) is 0 Å². The Kier molecular flexibility index (Phi) is 45.9. The summed E-state index contributed by atoms with van der Waals surface area (Å²) in [5.41, 5.74) is 0.806. The third kappa shape index (κ3) is 37.3. The fourth-order valence-electron chi connectivity index (χ4n) is 10.2. The number of carboxylic acid groups (broad SMARTS) is 1. The van der Waals surface area contributed by atoms with E-state index in [0.29, 0.717) is 32.1 Å². The molecule has 0 spiro atoms. The molecule has 4 N–H and O–H groups in total. The van der Waals surface area contributed by atoms with Crippen molar-refractivity contribution in [1.82, 2.24) is 0 Å². The summed E-state index contributed by atoms with van der Waals surface area (Å²) in [7, 11) is 2.49. The molecule has 3 amide bonds. The van der Waals surface area contributed by atoms with Gasteiger partial charge >= 0.3 is 53.7 Å². The van der Waals surface area contributed by atoms with Crippen LogP contribution in [0.4, 0.5) is 11.4 Å². The van der Waals surface area contributed by atoms with Gasteiger partial charge in [-0.15, -0.1) is 0 Å². The van der Waals surface area contributed by atoms with E-state index >= 15 is 0 Å². The first kappa shape index (κ1) is 86.7. The Balaban J connectivity index is 0.00000190. The Morgan fingerprint density at radius 1 is 0.561 bits per heavy atom. The van der Waals surface area contributed by atoms with Crippen LogP contribution < -0.4 is 10.2 Å². The quantitative estimate of drug-likeness (QED) is 0.0155. The van der Waals surface area contributed by atoms with E-state index < -0.39 is 89.6 Å². The average molecular weight is 1370 g/mol. The molecule has 1 fully saturated rings. The lowest BCUT2D eigenvalue weighted by Gasteiger charge is -2.21. The van der Waals surface area contributed by atoms with Crippen molar-refractivity contribution in [3.63, 3.8) is 0 Å². The fraction of sp³-hybridized carbons (Fsp3) is 0.514. The lowest BCUT2D eigenvalue weighted by molar-refractivity contribution is -0.164. The number of allylic oxidation sites excluding steroid dienone is 12. The summed E-state index contributed by atoms with van der Waals surface area (Å²) in [5, 5.41) is 12.8. The largest absolute Gasteiger partial charge is 0.481 e. The Morgan fingerprint density at radius 3 is 1.52 bits per heavy atom. The molecule has 0 bridgehead atoms. The van der Waals surface area contributed by atoms with Gasteiger partial charge in [0.25, 0.3) is 0 Å². The minimum absolute atomic E-state index is 0. The first-order chi connectivity index (χ1) is 46.6. The van der Waals surface area contributed by atoms with Gasteiger partial charge in [-0.3, -0.25) is 47.9 Å². The van der Waals surface area contributed by atoms with Crippen LogP contribution in [0.3, 0.4) is 0 Å². The Hall–Kier alpha value is -9.32. The predicted molar refractivity (Wildman–Crippen MR) is 369 cm³/mol. The van der Waals surface area contributed by atoms with Gasteiger partial charge in [-0.2, -0.15) is 0 Å². The summed E-state index contributed by atoms with van der Waals surface area (Å²) in [5.74, 6) is -8.81. The molecule has 542 valence electrons. The van der Waals surface area contributed by atoms with Crippen LogP contribution in [0.15, 0.2) is 121 Å². The number of imide groups is 1. The van der Waals surface area contributed by atoms with Crippen LogP contribution in [0.1, 0.15) is 192 Å². The number of carbonyl (C=O) groups is 12. The summed E-state index contributed by atoms with van der Waals surface area (Å²) in [6, 6.07) is 12.8. The van der Waals surface area contributed by atoms with E-state index in [1.165, 1.54) is 54.0 Å². The van der Waals surface area contributed by atoms with Crippen LogP contribution in [0.2, 0.25) is 0 Å². The highest BCUT2D eigenvalue weighted by molar-refractivity contribution is 6.23. The number of amides is 3. The van der Waals surface area contributed by atoms with E-state index in [4.69, 9.17) is 37.9 Å². The molecule has 1 heterocycles. The predicted octanol–water partition coefficient (Wildman–Crippen LogP) is 12.0. The number of rotatable bonds is 45. The molecule has 6 unspecified atom stereocenters. The highest BCUT2D eigenvalue weighted by Crippen LogP contribution is 2.36. The number of hydrogen-bond acceptors (Lipinski definition) is 20. The van der Waals surface area contributed by atoms with Gasteiger partial charge in [-0.1, -0.05) is 162 Å². The number of carbonyl (C=O) groups excluding carboxylic acids is 11. The molecule has 1 aliphatic heterocycles. The Bertz CT molecular complexity index is 3040. The maximum absolute atomic E-state index is 13.7. The molecule has 24 nitrogen and oxygen atoms in total. The third-order valence-electron chi connectivity index (χ3n) is 15.0. The molecule has 0 radical (unpaired) electrons. The van der Waals surface area contributed by atoms with Crippen molar-refractivity contribution in [2.24, 2.45) is 23.7 Å². The van der Waals surface area contributed by atoms with Gasteiger partial charge in [-0.05, 0) is 87.5 Å². The highest BCUT2D eigenvalue weighted by Gasteiger charge is 2.44. The zero-order valence-corrected chi connectivity index (χ0v) is 58.0. The molecule has 1 saturated heterocycles. The third-order valence-corrected chi connectivity index (χ3v) is 15.0. The van der Waals surface area contributed by atoms with E-state index in [0.717, 1.165) is 75.5 Å². The number of aliphatic carboxylic acids is 1. The second kappa shape index (κ2) is 51.9. The first-order valence-electron chi connectivity index (χ1n) is 33.2. The summed E-state index contributed by atoms with van der Waals surface area (Å²) >= 11 is 0. The number of carboxylic acids is 1. The summed E-state index contributed by atoms with van der Waals surface area (Å²) < 4.78 is 39.7. The van der Waals surface area contributed by atoms with Crippen molar-refractivity contribution in [3.05, 3.63) is 133 Å². The van der Waals surface area contributed by atoms with Crippen LogP contribution in [-0.2, 0) is 85.8 Å². The van der Waals surface area contributed by atoms with Crippen molar-refractivity contribution in [1.29, 1.82) is 0 Å². The van der Waals surface area contributed by atoms with Gasteiger partial charge in [0, 0.05) is 54.8 Å². The van der Waals surface area contributed by atoms with E-state index in [2.05, 4.69) is 37.4 Å². The number of nitrogens with zero attached hydrogens (tertiary/aromatic N) is 1. The standard InChI is InChI=1S/C37H51NO11.C37H49NO10.H2O.H2/c1-5-6-7-8-9-11-14-19-29(32(36(43)44)24-34(41)38-33-22-18-17-21-31(33)37(45)46-4)20-15-12-10-13-16-23-35(42)48-26-30(49-28(3)40)25-47-27(2)39;1-5-6-7-8-9-11-14-19-29(32-24-34(41)38(36(32)43)33-22-18-17-21-31(33)37(44)45-4)20-15-12-10-13-16-23-35(42)47-26-30(48-28(3)40)25-46-27(2)39;;/h6-7,9,11,14,17-19,21-22,29-30,32H,5,8,10,12-13,15-16,20,23-26H2,1-4H3,(H,38,41)(H,43,44);6-7,9,11,14,17-19,21-22,29-30,32H,5,8,10,12-13,15-16,20,23-26H2,1-4H3;1H2;1H/b2*7-6+,11-9+,19-14+;;/i;;;1+1. The van der Waals surface area contributed by atoms with Crippen LogP contribution in [-0.4, -0.2) is 135 Å². The zero-order valence-electron chi connectivity index (χ0n) is 58.0. The number of nitrogens with one attached hydrogen (secondary N) is 1. The molecule has 3 rings (SSSR count). The number of esters is 8. The average Bonchev–Trinajstić information content (AvgIpc) is 1.65. The molecule has 1 aliphatic rings. The minimum Gasteiger partial charge on any atom is -0.481 e. The van der Waals surface area contributed by atoms with Crippen LogP contribution >= 0.6 is 0 Å². The molecule has 2 aromatic carbocycles. The van der Waals surface area contributed by atoms with Crippen molar-refractivity contribution in [3.8, 4) is 0 Å². The molecule has 24 heteroatoms. The van der Waals surface area contributed by atoms with E-state index in [-0.39, 0.29) is 99.2 Å². The second-order valence-corrected chi connectivity index (χ2v) is 22.9. The van der Waals surface area contributed by atoms with Gasteiger partial charge in [0.1, 0.15) is 26.4 Å². The van der Waals surface area contributed by atoms with Crippen LogP contribution in [0, 0.1) is 23.7 Å². The molecule has 2 aromatic rings. The first-order valence-corrected chi connectivity index (χ1v) is 33.2. The van der Waals surface area contributed by atoms with Crippen molar-refractivity contribution < 1.29 is 107 Å². The number of benzene rings is 2. The summed E-state index contributed by atoms with van der Waals surface area (Å²) in [6.07, 6.45) is 34.3. The molecule has 0 aromatic heterocycles. The van der Waals surface area contributed by atoms with Crippen molar-refractivity contribution in [2.45, 2.75) is 182 Å².